The first-order chi connectivity index (χ1) is 7.58. The predicted octanol–water partition coefficient (Wildman–Crippen LogP) is 1.29. The Kier molecular flexibility index (Phi) is 4.45. The smallest absolute Gasteiger partial charge is 0.387 e. The molecule has 1 atom stereocenters. The molecule has 0 amide bonds. The molecule has 6 heteroatoms. The zero-order valence-electron chi connectivity index (χ0n) is 8.69. The van der Waals surface area contributed by atoms with Crippen molar-refractivity contribution in [2.24, 2.45) is 5.73 Å². The SMILES string of the molecule is COc1cc([C@H](N)CO)ccc1OC(F)F. The molecule has 3 N–H and O–H groups in total. The number of aliphatic hydroxyl groups is 1. The molecule has 16 heavy (non-hydrogen) atoms. The Morgan fingerprint density at radius 3 is 2.56 bits per heavy atom. The first-order valence-corrected chi connectivity index (χ1v) is 4.57. The summed E-state index contributed by atoms with van der Waals surface area (Å²) >= 11 is 0. The van der Waals surface area contributed by atoms with Crippen LogP contribution >= 0.6 is 0 Å². The minimum Gasteiger partial charge on any atom is -0.493 e. The van der Waals surface area contributed by atoms with Crippen molar-refractivity contribution in [1.29, 1.82) is 0 Å². The standard InChI is InChI=1S/C10H13F2NO3/c1-15-9-4-6(7(13)5-14)2-3-8(9)16-10(11)12/h2-4,7,10,14H,5,13H2,1H3/t7-/m1/s1. The van der Waals surface area contributed by atoms with Gasteiger partial charge in [-0.2, -0.15) is 8.78 Å². The van der Waals surface area contributed by atoms with Crippen molar-refractivity contribution in [3.8, 4) is 11.5 Å². The van der Waals surface area contributed by atoms with Crippen LogP contribution in [0.2, 0.25) is 0 Å². The van der Waals surface area contributed by atoms with Gasteiger partial charge >= 0.3 is 6.61 Å². The van der Waals surface area contributed by atoms with E-state index in [4.69, 9.17) is 15.6 Å². The number of hydrogen-bond donors (Lipinski definition) is 2. The lowest BCUT2D eigenvalue weighted by molar-refractivity contribution is -0.0512. The number of aliphatic hydroxyl groups excluding tert-OH is 1. The van der Waals surface area contributed by atoms with Gasteiger partial charge in [-0.3, -0.25) is 0 Å². The van der Waals surface area contributed by atoms with Gasteiger partial charge in [-0.15, -0.1) is 0 Å². The number of ether oxygens (including phenoxy) is 2. The van der Waals surface area contributed by atoms with Crippen LogP contribution in [0.1, 0.15) is 11.6 Å². The first kappa shape index (κ1) is 12.7. The minimum atomic E-state index is -2.91. The Balaban J connectivity index is 2.97. The number of methoxy groups -OCH3 is 1. The summed E-state index contributed by atoms with van der Waals surface area (Å²) in [6.45, 7) is -3.15. The van der Waals surface area contributed by atoms with E-state index in [-0.39, 0.29) is 18.1 Å². The van der Waals surface area contributed by atoms with Gasteiger partial charge in [-0.05, 0) is 17.7 Å². The van der Waals surface area contributed by atoms with E-state index in [0.717, 1.165) is 0 Å². The quantitative estimate of drug-likeness (QED) is 0.804. The highest BCUT2D eigenvalue weighted by Gasteiger charge is 2.13. The third-order valence-electron chi connectivity index (χ3n) is 2.03. The summed E-state index contributed by atoms with van der Waals surface area (Å²) in [6, 6.07) is 3.71. The number of benzene rings is 1. The molecule has 0 saturated heterocycles. The molecule has 4 nitrogen and oxygen atoms in total. The van der Waals surface area contributed by atoms with Crippen LogP contribution < -0.4 is 15.2 Å². The number of halogens is 2. The maximum atomic E-state index is 12.0. The molecule has 0 unspecified atom stereocenters. The van der Waals surface area contributed by atoms with E-state index in [9.17, 15) is 8.78 Å². The van der Waals surface area contributed by atoms with Crippen LogP contribution in [0.5, 0.6) is 11.5 Å². The average molecular weight is 233 g/mol. The molecule has 0 saturated carbocycles. The summed E-state index contributed by atoms with van der Waals surface area (Å²) in [5.74, 6) is 0.0908. The lowest BCUT2D eigenvalue weighted by Crippen LogP contribution is -2.14. The van der Waals surface area contributed by atoms with Crippen LogP contribution in [-0.2, 0) is 0 Å². The van der Waals surface area contributed by atoms with Crippen LogP contribution in [0.15, 0.2) is 18.2 Å². The average Bonchev–Trinajstić information content (AvgIpc) is 2.27. The van der Waals surface area contributed by atoms with Gasteiger partial charge < -0.3 is 20.3 Å². The lowest BCUT2D eigenvalue weighted by atomic mass is 10.1. The molecule has 1 aromatic carbocycles. The molecule has 0 bridgehead atoms. The maximum absolute atomic E-state index is 12.0. The number of hydrogen-bond acceptors (Lipinski definition) is 4. The topological polar surface area (TPSA) is 64.7 Å². The summed E-state index contributed by atoms with van der Waals surface area (Å²) < 4.78 is 33.2. The Morgan fingerprint density at radius 2 is 2.06 bits per heavy atom. The number of rotatable bonds is 5. The Hall–Kier alpha value is -1.40. The van der Waals surface area contributed by atoms with Gasteiger partial charge in [0.15, 0.2) is 11.5 Å². The van der Waals surface area contributed by atoms with E-state index < -0.39 is 12.7 Å². The number of nitrogens with two attached hydrogens (primary N) is 1. The summed E-state index contributed by atoms with van der Waals surface area (Å²) in [4.78, 5) is 0. The van der Waals surface area contributed by atoms with Crippen molar-refractivity contribution in [3.05, 3.63) is 23.8 Å². The lowest BCUT2D eigenvalue weighted by Gasteiger charge is -2.13. The van der Waals surface area contributed by atoms with Gasteiger partial charge in [0.2, 0.25) is 0 Å². The highest BCUT2D eigenvalue weighted by molar-refractivity contribution is 5.43. The van der Waals surface area contributed by atoms with Crippen molar-refractivity contribution in [1.82, 2.24) is 0 Å². The van der Waals surface area contributed by atoms with Gasteiger partial charge in [0.25, 0.3) is 0 Å². The molecular weight excluding hydrogens is 220 g/mol. The largest absolute Gasteiger partial charge is 0.493 e. The van der Waals surface area contributed by atoms with Crippen molar-refractivity contribution in [3.63, 3.8) is 0 Å². The van der Waals surface area contributed by atoms with Crippen molar-refractivity contribution < 1.29 is 23.4 Å². The molecule has 0 aromatic heterocycles. The second kappa shape index (κ2) is 5.62. The Labute approximate surface area is 91.6 Å². The molecule has 90 valence electrons. The Morgan fingerprint density at radius 1 is 1.38 bits per heavy atom. The fraction of sp³-hybridized carbons (Fsp3) is 0.400. The Bertz CT molecular complexity index is 347. The monoisotopic (exact) mass is 233 g/mol. The highest BCUT2D eigenvalue weighted by atomic mass is 19.3. The van der Waals surface area contributed by atoms with E-state index in [1.165, 1.54) is 25.3 Å². The number of alkyl halides is 2. The molecule has 1 rings (SSSR count). The fourth-order valence-electron chi connectivity index (χ4n) is 1.21. The zero-order valence-corrected chi connectivity index (χ0v) is 8.69. The van der Waals surface area contributed by atoms with Crippen LogP contribution in [-0.4, -0.2) is 25.4 Å². The van der Waals surface area contributed by atoms with Crippen LogP contribution in [0.3, 0.4) is 0 Å². The molecule has 0 spiro atoms. The summed E-state index contributed by atoms with van der Waals surface area (Å²) in [5, 5.41) is 8.85. The molecule has 0 aliphatic carbocycles. The van der Waals surface area contributed by atoms with E-state index in [1.54, 1.807) is 0 Å². The highest BCUT2D eigenvalue weighted by Crippen LogP contribution is 2.30. The van der Waals surface area contributed by atoms with Crippen molar-refractivity contribution >= 4 is 0 Å². The molecule has 0 radical (unpaired) electrons. The second-order valence-electron chi connectivity index (χ2n) is 3.08. The van der Waals surface area contributed by atoms with Gasteiger partial charge in [-0.25, -0.2) is 0 Å². The van der Waals surface area contributed by atoms with E-state index >= 15 is 0 Å². The van der Waals surface area contributed by atoms with Gasteiger partial charge in [0.1, 0.15) is 0 Å². The molecular formula is C10H13F2NO3. The summed E-state index contributed by atoms with van der Waals surface area (Å²) in [6.07, 6.45) is 0. The molecule has 0 aliphatic heterocycles. The van der Waals surface area contributed by atoms with Gasteiger partial charge in [0.05, 0.1) is 19.8 Å². The molecule has 1 aromatic rings. The minimum absolute atomic E-state index is 0.0635. The molecule has 0 heterocycles. The van der Waals surface area contributed by atoms with E-state index in [2.05, 4.69) is 4.74 Å². The zero-order chi connectivity index (χ0) is 12.1. The van der Waals surface area contributed by atoms with Crippen molar-refractivity contribution in [2.45, 2.75) is 12.7 Å². The predicted molar refractivity (Wildman–Crippen MR) is 53.6 cm³/mol. The fourth-order valence-corrected chi connectivity index (χ4v) is 1.21. The maximum Gasteiger partial charge on any atom is 0.387 e. The van der Waals surface area contributed by atoms with E-state index in [0.29, 0.717) is 5.56 Å². The van der Waals surface area contributed by atoms with Crippen LogP contribution in [0.25, 0.3) is 0 Å². The van der Waals surface area contributed by atoms with Gasteiger partial charge in [0, 0.05) is 0 Å². The van der Waals surface area contributed by atoms with Crippen molar-refractivity contribution in [2.75, 3.05) is 13.7 Å². The third kappa shape index (κ3) is 3.04. The summed E-state index contributed by atoms with van der Waals surface area (Å²) in [5.41, 5.74) is 6.16. The summed E-state index contributed by atoms with van der Waals surface area (Å²) in [7, 11) is 1.34. The van der Waals surface area contributed by atoms with Gasteiger partial charge in [-0.1, -0.05) is 6.07 Å². The molecule has 0 aliphatic rings. The van der Waals surface area contributed by atoms with E-state index in [1.807, 2.05) is 0 Å². The van der Waals surface area contributed by atoms with Crippen LogP contribution in [0.4, 0.5) is 8.78 Å². The normalized spacial score (nSPS) is 12.6. The second-order valence-corrected chi connectivity index (χ2v) is 3.08. The van der Waals surface area contributed by atoms with Crippen LogP contribution in [0, 0.1) is 0 Å². The third-order valence-corrected chi connectivity index (χ3v) is 2.03. The molecule has 0 fully saturated rings. The first-order valence-electron chi connectivity index (χ1n) is 4.57.